The number of carbonyl (C=O) groups excluding carboxylic acids is 3. The summed E-state index contributed by atoms with van der Waals surface area (Å²) in [7, 11) is -6.87. The predicted octanol–water partition coefficient (Wildman–Crippen LogP) is 4.76. The van der Waals surface area contributed by atoms with E-state index in [0.29, 0.717) is 64.3 Å². The van der Waals surface area contributed by atoms with Gasteiger partial charge in [0.2, 0.25) is 5.91 Å². The molecule has 0 aliphatic carbocycles. The van der Waals surface area contributed by atoms with Crippen LogP contribution in [-0.2, 0) is 60.5 Å². The van der Waals surface area contributed by atoms with Crippen molar-refractivity contribution in [1.29, 1.82) is 0 Å². The Labute approximate surface area is 383 Å². The first-order valence-corrected chi connectivity index (χ1v) is 25.8. The molecule has 2 aromatic heterocycles. The van der Waals surface area contributed by atoms with Gasteiger partial charge in [0.1, 0.15) is 12.6 Å². The zero-order chi connectivity index (χ0) is 46.5. The van der Waals surface area contributed by atoms with Crippen LogP contribution in [0.25, 0.3) is 0 Å². The third-order valence-corrected chi connectivity index (χ3v) is 13.5. The van der Waals surface area contributed by atoms with Crippen molar-refractivity contribution in [1.82, 2.24) is 35.7 Å². The van der Waals surface area contributed by atoms with E-state index in [2.05, 4.69) is 44.7 Å². The van der Waals surface area contributed by atoms with Crippen LogP contribution >= 0.6 is 22.7 Å². The Morgan fingerprint density at radius 2 is 1.42 bits per heavy atom. The van der Waals surface area contributed by atoms with Crippen LogP contribution in [0.5, 0.6) is 0 Å². The van der Waals surface area contributed by atoms with Gasteiger partial charge in [-0.2, -0.15) is 16.8 Å². The molecule has 5 rings (SSSR count). The van der Waals surface area contributed by atoms with Gasteiger partial charge in [-0.1, -0.05) is 74.5 Å². The second kappa shape index (κ2) is 26.4. The van der Waals surface area contributed by atoms with E-state index in [4.69, 9.17) is 18.6 Å². The van der Waals surface area contributed by atoms with Gasteiger partial charge in [-0.3, -0.25) is 23.8 Å². The van der Waals surface area contributed by atoms with Crippen LogP contribution in [-0.4, -0.2) is 133 Å². The van der Waals surface area contributed by atoms with Gasteiger partial charge in [-0.25, -0.2) is 14.6 Å². The van der Waals surface area contributed by atoms with Crippen molar-refractivity contribution < 1.29 is 49.8 Å². The molecule has 1 fully saturated rings. The van der Waals surface area contributed by atoms with Crippen LogP contribution in [0.4, 0.5) is 9.59 Å². The first-order valence-electron chi connectivity index (χ1n) is 20.8. The molecule has 1 saturated heterocycles. The molecule has 352 valence electrons. The molecule has 5 N–H and O–H groups in total. The fourth-order valence-corrected chi connectivity index (χ4v) is 9.48. The highest BCUT2D eigenvalue weighted by Gasteiger charge is 2.27. The van der Waals surface area contributed by atoms with Gasteiger partial charge in [-0.05, 0) is 43.2 Å². The Bertz CT molecular complexity index is 2190. The lowest BCUT2D eigenvalue weighted by Gasteiger charge is -2.30. The molecule has 64 heavy (non-hydrogen) atoms. The summed E-state index contributed by atoms with van der Waals surface area (Å²) < 4.78 is 66.4. The molecule has 3 heterocycles. The lowest BCUT2D eigenvalue weighted by molar-refractivity contribution is -0.124. The van der Waals surface area contributed by atoms with Crippen molar-refractivity contribution in [3.63, 3.8) is 0 Å². The highest BCUT2D eigenvalue weighted by atomic mass is 32.2. The van der Waals surface area contributed by atoms with E-state index < -0.39 is 43.9 Å². The molecule has 0 radical (unpaired) electrons. The Kier molecular flexibility index (Phi) is 21.5. The molecule has 3 atom stereocenters. The number of nitrogens with one attached hydrogen (secondary N) is 3. The van der Waals surface area contributed by atoms with Gasteiger partial charge < -0.3 is 30.3 Å². The minimum absolute atomic E-state index is 0.150. The van der Waals surface area contributed by atoms with Gasteiger partial charge in [-0.15, -0.1) is 22.7 Å². The second-order valence-corrected chi connectivity index (χ2v) is 20.6. The number of hydrogen-bond donors (Lipinski definition) is 5. The largest absolute Gasteiger partial charge is 0.444 e. The number of amides is 4. The highest BCUT2D eigenvalue weighted by Crippen LogP contribution is 2.20. The van der Waals surface area contributed by atoms with Crippen LogP contribution < -0.4 is 16.0 Å². The van der Waals surface area contributed by atoms with Crippen molar-refractivity contribution in [2.24, 2.45) is 0 Å². The van der Waals surface area contributed by atoms with Crippen LogP contribution in [0.3, 0.4) is 0 Å². The van der Waals surface area contributed by atoms with Crippen molar-refractivity contribution in [3.8, 4) is 0 Å². The number of thiazole rings is 2. The zero-order valence-corrected chi connectivity index (χ0v) is 39.5. The van der Waals surface area contributed by atoms with Gasteiger partial charge in [0.15, 0.2) is 0 Å². The number of urea groups is 1. The van der Waals surface area contributed by atoms with Gasteiger partial charge in [0.25, 0.3) is 20.2 Å². The number of nitrogens with zero attached hydrogens (tertiary/aromatic N) is 4. The third kappa shape index (κ3) is 21.0. The average molecular weight is 966 g/mol. The maximum atomic E-state index is 14.2. The lowest BCUT2D eigenvalue weighted by Crippen LogP contribution is -2.54. The number of aromatic nitrogens is 2. The first-order chi connectivity index (χ1) is 30.4. The molecule has 1 aliphatic rings. The Morgan fingerprint density at radius 1 is 0.844 bits per heavy atom. The number of morpholine rings is 1. The summed E-state index contributed by atoms with van der Waals surface area (Å²) >= 11 is 3.02. The van der Waals surface area contributed by atoms with Crippen molar-refractivity contribution >= 4 is 60.9 Å². The van der Waals surface area contributed by atoms with Gasteiger partial charge in [0.05, 0.1) is 52.4 Å². The normalized spacial score (nSPS) is 14.7. The number of rotatable bonds is 22. The molecule has 1 aliphatic heterocycles. The van der Waals surface area contributed by atoms with Crippen LogP contribution in [0.15, 0.2) is 77.8 Å². The van der Waals surface area contributed by atoms with E-state index in [0.717, 1.165) is 39.8 Å². The standard InChI is InChI=1S/C40H53N7O5S2.C2H6O6S2/c1-29(2)38-43-34(27-53-38)25-46(3)39(49)45-36(16-17-47-18-20-51-21-19-47)37(48)42-32(22-30-10-6-4-7-11-30)14-15-33(23-31-12-8-5-9-13-31)44-40(50)52-26-35-24-41-28-54-35;3-9(4,5)1-2-10(6,7)8/h4-13,24,27-29,32-33,36H,14-23,25-26H2,1-3H3,(H,42,48)(H,44,50)(H,45,49);1-2H2,(H,3,4,5)(H,6,7,8). The topological polar surface area (TPSA) is 247 Å². The molecule has 22 heteroatoms. The molecule has 4 aromatic rings. The number of carbonyl (C=O) groups is 3. The lowest BCUT2D eigenvalue weighted by atomic mass is 9.95. The van der Waals surface area contributed by atoms with E-state index in [9.17, 15) is 31.2 Å². The number of ether oxygens (including phenoxy) is 2. The minimum Gasteiger partial charge on any atom is -0.444 e. The fourth-order valence-electron chi connectivity index (χ4n) is 6.46. The maximum Gasteiger partial charge on any atom is 0.407 e. The van der Waals surface area contributed by atoms with Gasteiger partial charge >= 0.3 is 12.1 Å². The van der Waals surface area contributed by atoms with Crippen molar-refractivity contribution in [2.75, 3.05) is 51.4 Å². The smallest absolute Gasteiger partial charge is 0.407 e. The predicted molar refractivity (Wildman–Crippen MR) is 245 cm³/mol. The van der Waals surface area contributed by atoms with Crippen LogP contribution in [0, 0.1) is 0 Å². The summed E-state index contributed by atoms with van der Waals surface area (Å²) in [5.41, 5.74) is 4.70. The first kappa shape index (κ1) is 52.1. The number of alkyl carbamates (subject to hydrolysis) is 1. The molecule has 2 aromatic carbocycles. The summed E-state index contributed by atoms with van der Waals surface area (Å²) in [6.07, 6.45) is 4.00. The molecule has 4 amide bonds. The molecular formula is C42H59N7O11S4. The average Bonchev–Trinajstić information content (AvgIpc) is 3.97. The molecular weight excluding hydrogens is 907 g/mol. The summed E-state index contributed by atoms with van der Waals surface area (Å²) in [5.74, 6) is -1.89. The molecule has 0 saturated carbocycles. The quantitative estimate of drug-likeness (QED) is 0.0667. The van der Waals surface area contributed by atoms with E-state index in [1.54, 1.807) is 35.0 Å². The summed E-state index contributed by atoms with van der Waals surface area (Å²) in [5, 5.41) is 12.4. The molecule has 18 nitrogen and oxygen atoms in total. The zero-order valence-electron chi connectivity index (χ0n) is 36.2. The Morgan fingerprint density at radius 3 is 1.94 bits per heavy atom. The SMILES string of the molecule is CC(C)c1nc(CN(C)C(=O)NC(CCN2CCOCC2)C(=O)NC(CCC(Cc2ccccc2)NC(=O)OCc2cncs2)Cc2ccccc2)cs1.O=S(=O)(O)CCS(=O)(=O)O. The summed E-state index contributed by atoms with van der Waals surface area (Å²) in [6, 6.07) is 18.4. The summed E-state index contributed by atoms with van der Waals surface area (Å²) in [6.45, 7) is 8.19. The van der Waals surface area contributed by atoms with E-state index in [1.165, 1.54) is 11.3 Å². The van der Waals surface area contributed by atoms with E-state index >= 15 is 0 Å². The molecule has 3 unspecified atom stereocenters. The van der Waals surface area contributed by atoms with Crippen molar-refractivity contribution in [3.05, 3.63) is 104 Å². The third-order valence-electron chi connectivity index (χ3n) is 9.87. The number of hydrogen-bond acceptors (Lipinski definition) is 14. The minimum atomic E-state index is -4.30. The van der Waals surface area contributed by atoms with Gasteiger partial charge in [0, 0.05) is 56.3 Å². The molecule has 0 bridgehead atoms. The number of benzene rings is 2. The Hall–Kier alpha value is -4.55. The van der Waals surface area contributed by atoms with E-state index in [1.807, 2.05) is 66.0 Å². The fraction of sp³-hybridized carbons (Fsp3) is 0.500. The maximum absolute atomic E-state index is 14.2. The molecule has 0 spiro atoms. The monoisotopic (exact) mass is 965 g/mol. The van der Waals surface area contributed by atoms with Crippen LogP contribution in [0.1, 0.15) is 65.7 Å². The van der Waals surface area contributed by atoms with Crippen molar-refractivity contribution in [2.45, 2.75) is 83.1 Å². The van der Waals surface area contributed by atoms with Crippen LogP contribution in [0.2, 0.25) is 0 Å². The Balaban J connectivity index is 0.000000800. The summed E-state index contributed by atoms with van der Waals surface area (Å²) in [4.78, 5) is 54.2. The second-order valence-electron chi connectivity index (χ2n) is 15.6. The van der Waals surface area contributed by atoms with E-state index in [-0.39, 0.29) is 30.6 Å². The highest BCUT2D eigenvalue weighted by molar-refractivity contribution is 7.89.